The molecule has 8 nitrogen and oxygen atoms in total. The fourth-order valence-corrected chi connectivity index (χ4v) is 4.05. The van der Waals surface area contributed by atoms with Crippen molar-refractivity contribution in [1.29, 1.82) is 0 Å². The molecule has 2 heterocycles. The van der Waals surface area contributed by atoms with Crippen LogP contribution < -0.4 is 20.3 Å². The van der Waals surface area contributed by atoms with E-state index >= 15 is 0 Å². The van der Waals surface area contributed by atoms with Crippen LogP contribution in [0.2, 0.25) is 0 Å². The minimum Gasteiger partial charge on any atom is -0.479 e. The fourth-order valence-electron chi connectivity index (χ4n) is 3.13. The highest BCUT2D eigenvalue weighted by atomic mass is 32.1. The standard InChI is InChI=1S/C21H20N4O4S/c1-3-18(26)24-21-23-14-9-8-13(10-17(14)30-21)22-19(27)11-25-15-6-4-5-7-16(15)29-12(2)20(25)28/h4-10,12H,3,11H2,1-2H3,(H,22,27)(H,23,24,26). The van der Waals surface area contributed by atoms with Crippen LogP contribution >= 0.6 is 11.3 Å². The third-order valence-electron chi connectivity index (χ3n) is 4.61. The Kier molecular flexibility index (Phi) is 5.37. The third-order valence-corrected chi connectivity index (χ3v) is 5.55. The Morgan fingerprint density at radius 3 is 2.77 bits per heavy atom. The highest BCUT2D eigenvalue weighted by Gasteiger charge is 2.32. The van der Waals surface area contributed by atoms with Crippen molar-refractivity contribution >= 4 is 55.8 Å². The van der Waals surface area contributed by atoms with Gasteiger partial charge in [-0.15, -0.1) is 0 Å². The molecule has 1 aliphatic rings. The Bertz CT molecular complexity index is 1140. The van der Waals surface area contributed by atoms with Crippen molar-refractivity contribution in [3.63, 3.8) is 0 Å². The summed E-state index contributed by atoms with van der Waals surface area (Å²) in [6.07, 6.45) is -0.280. The molecule has 0 spiro atoms. The van der Waals surface area contributed by atoms with Crippen LogP contribution in [-0.4, -0.2) is 35.4 Å². The van der Waals surface area contributed by atoms with Gasteiger partial charge >= 0.3 is 0 Å². The van der Waals surface area contributed by atoms with Gasteiger partial charge in [-0.1, -0.05) is 30.4 Å². The number of fused-ring (bicyclic) bond motifs is 2. The summed E-state index contributed by atoms with van der Waals surface area (Å²) >= 11 is 1.33. The maximum atomic E-state index is 12.7. The maximum Gasteiger partial charge on any atom is 0.268 e. The van der Waals surface area contributed by atoms with Gasteiger partial charge in [0.15, 0.2) is 11.2 Å². The van der Waals surface area contributed by atoms with Crippen molar-refractivity contribution in [3.8, 4) is 5.75 Å². The van der Waals surface area contributed by atoms with E-state index in [2.05, 4.69) is 15.6 Å². The topological polar surface area (TPSA) is 101 Å². The van der Waals surface area contributed by atoms with Crippen LogP contribution in [0.25, 0.3) is 10.2 Å². The summed E-state index contributed by atoms with van der Waals surface area (Å²) in [5, 5.41) is 6.08. The number of hydrogen-bond donors (Lipinski definition) is 2. The predicted octanol–water partition coefficient (Wildman–Crippen LogP) is 3.40. The van der Waals surface area contributed by atoms with Gasteiger partial charge in [0.05, 0.1) is 15.9 Å². The van der Waals surface area contributed by atoms with Crippen LogP contribution in [0.4, 0.5) is 16.5 Å². The van der Waals surface area contributed by atoms with Crippen LogP contribution in [0.5, 0.6) is 5.75 Å². The second-order valence-electron chi connectivity index (χ2n) is 6.80. The highest BCUT2D eigenvalue weighted by molar-refractivity contribution is 7.22. The van der Waals surface area contributed by atoms with Crippen molar-refractivity contribution in [1.82, 2.24) is 4.98 Å². The normalized spacial score (nSPS) is 15.5. The molecular formula is C21H20N4O4S. The monoisotopic (exact) mass is 424 g/mol. The zero-order chi connectivity index (χ0) is 21.3. The molecule has 3 amide bonds. The summed E-state index contributed by atoms with van der Waals surface area (Å²) in [7, 11) is 0. The molecule has 1 atom stereocenters. The highest BCUT2D eigenvalue weighted by Crippen LogP contribution is 2.33. The molecule has 1 aromatic heterocycles. The molecule has 0 bridgehead atoms. The van der Waals surface area contributed by atoms with Crippen molar-refractivity contribution in [2.24, 2.45) is 0 Å². The van der Waals surface area contributed by atoms with E-state index < -0.39 is 6.10 Å². The van der Waals surface area contributed by atoms with E-state index in [1.165, 1.54) is 16.2 Å². The van der Waals surface area contributed by atoms with Gasteiger partial charge in [0.2, 0.25) is 11.8 Å². The molecule has 1 aliphatic heterocycles. The minimum absolute atomic E-state index is 0.104. The molecule has 0 saturated carbocycles. The van der Waals surface area contributed by atoms with E-state index in [-0.39, 0.29) is 24.3 Å². The molecule has 154 valence electrons. The minimum atomic E-state index is -0.655. The maximum absolute atomic E-state index is 12.7. The predicted molar refractivity (Wildman–Crippen MR) is 116 cm³/mol. The number of benzene rings is 2. The lowest BCUT2D eigenvalue weighted by Gasteiger charge is -2.32. The first kappa shape index (κ1) is 19.8. The molecule has 2 aromatic carbocycles. The molecule has 4 rings (SSSR count). The Morgan fingerprint density at radius 2 is 1.97 bits per heavy atom. The van der Waals surface area contributed by atoms with Crippen molar-refractivity contribution < 1.29 is 19.1 Å². The number of anilines is 3. The molecule has 1 unspecified atom stereocenters. The van der Waals surface area contributed by atoms with Gasteiger partial charge in [-0.3, -0.25) is 19.3 Å². The summed E-state index contributed by atoms with van der Waals surface area (Å²) in [6.45, 7) is 3.31. The largest absolute Gasteiger partial charge is 0.479 e. The summed E-state index contributed by atoms with van der Waals surface area (Å²) in [5.41, 5.74) is 1.90. The Labute approximate surface area is 176 Å². The van der Waals surface area contributed by atoms with Gasteiger partial charge in [0, 0.05) is 12.1 Å². The number of para-hydroxylation sites is 2. The summed E-state index contributed by atoms with van der Waals surface area (Å²) in [4.78, 5) is 42.6. The van der Waals surface area contributed by atoms with Gasteiger partial charge in [-0.2, -0.15) is 0 Å². The van der Waals surface area contributed by atoms with E-state index in [1.54, 1.807) is 50.2 Å². The average molecular weight is 424 g/mol. The van der Waals surface area contributed by atoms with E-state index in [0.717, 1.165) is 10.2 Å². The van der Waals surface area contributed by atoms with E-state index in [4.69, 9.17) is 4.74 Å². The van der Waals surface area contributed by atoms with Crippen LogP contribution in [0.1, 0.15) is 20.3 Å². The molecule has 30 heavy (non-hydrogen) atoms. The molecule has 0 aliphatic carbocycles. The lowest BCUT2D eigenvalue weighted by molar-refractivity contribution is -0.127. The molecule has 0 radical (unpaired) electrons. The number of hydrogen-bond acceptors (Lipinski definition) is 6. The first-order chi connectivity index (χ1) is 14.4. The number of amides is 3. The van der Waals surface area contributed by atoms with Crippen molar-refractivity contribution in [2.45, 2.75) is 26.4 Å². The lowest BCUT2D eigenvalue weighted by atomic mass is 10.2. The summed E-state index contributed by atoms with van der Waals surface area (Å²) < 4.78 is 6.44. The van der Waals surface area contributed by atoms with Crippen LogP contribution in [0.3, 0.4) is 0 Å². The van der Waals surface area contributed by atoms with Crippen LogP contribution in [0.15, 0.2) is 42.5 Å². The Hall–Kier alpha value is -3.46. The zero-order valence-corrected chi connectivity index (χ0v) is 17.3. The number of nitrogens with one attached hydrogen (secondary N) is 2. The third kappa shape index (κ3) is 3.97. The molecular weight excluding hydrogens is 404 g/mol. The van der Waals surface area contributed by atoms with Crippen molar-refractivity contribution in [3.05, 3.63) is 42.5 Å². The van der Waals surface area contributed by atoms with Gasteiger partial charge in [-0.05, 0) is 37.3 Å². The molecule has 0 saturated heterocycles. The summed E-state index contributed by atoms with van der Waals surface area (Å²) in [5.74, 6) is -0.119. The second kappa shape index (κ2) is 8.11. The quantitative estimate of drug-likeness (QED) is 0.654. The number of thiazole rings is 1. The molecule has 3 aromatic rings. The van der Waals surface area contributed by atoms with E-state index in [0.29, 0.717) is 28.7 Å². The number of ether oxygens (including phenoxy) is 1. The lowest BCUT2D eigenvalue weighted by Crippen LogP contribution is -2.47. The molecule has 2 N–H and O–H groups in total. The average Bonchev–Trinajstić information content (AvgIpc) is 3.12. The SMILES string of the molecule is CCC(=O)Nc1nc2ccc(NC(=O)CN3C(=O)C(C)Oc4ccccc43)cc2s1. The van der Waals surface area contributed by atoms with E-state index in [1.807, 2.05) is 6.07 Å². The van der Waals surface area contributed by atoms with Crippen LogP contribution in [0, 0.1) is 0 Å². The summed E-state index contributed by atoms with van der Waals surface area (Å²) in [6, 6.07) is 12.5. The smallest absolute Gasteiger partial charge is 0.268 e. The number of nitrogens with zero attached hydrogens (tertiary/aromatic N) is 2. The van der Waals surface area contributed by atoms with Crippen molar-refractivity contribution in [2.75, 3.05) is 22.1 Å². The first-order valence-corrected chi connectivity index (χ1v) is 10.3. The Morgan fingerprint density at radius 1 is 1.17 bits per heavy atom. The number of carbonyl (C=O) groups is 3. The zero-order valence-electron chi connectivity index (χ0n) is 16.5. The molecule has 0 fully saturated rings. The van der Waals surface area contributed by atoms with Gasteiger partial charge in [0.1, 0.15) is 12.3 Å². The molecule has 9 heteroatoms. The van der Waals surface area contributed by atoms with Crippen LogP contribution in [-0.2, 0) is 14.4 Å². The first-order valence-electron chi connectivity index (χ1n) is 9.52. The van der Waals surface area contributed by atoms with Gasteiger partial charge in [-0.25, -0.2) is 4.98 Å². The number of rotatable bonds is 5. The fraction of sp³-hybridized carbons (Fsp3) is 0.238. The van der Waals surface area contributed by atoms with E-state index in [9.17, 15) is 14.4 Å². The Balaban J connectivity index is 1.49. The number of carbonyl (C=O) groups excluding carboxylic acids is 3. The van der Waals surface area contributed by atoms with Gasteiger partial charge < -0.3 is 15.4 Å². The second-order valence-corrected chi connectivity index (χ2v) is 7.83. The number of aromatic nitrogens is 1. The van der Waals surface area contributed by atoms with Gasteiger partial charge in [0.25, 0.3) is 5.91 Å².